The minimum atomic E-state index is -4.02. The normalized spacial score (nSPS) is 11.5. The van der Waals surface area contributed by atoms with E-state index in [4.69, 9.17) is 0 Å². The first-order chi connectivity index (χ1) is 6.92. The van der Waals surface area contributed by atoms with Crippen LogP contribution < -0.4 is 5.32 Å². The summed E-state index contributed by atoms with van der Waals surface area (Å²) < 4.78 is 35.2. The van der Waals surface area contributed by atoms with Crippen molar-refractivity contribution in [3.05, 3.63) is 0 Å². The van der Waals surface area contributed by atoms with Gasteiger partial charge >= 0.3 is 6.18 Å². The zero-order valence-corrected chi connectivity index (χ0v) is 8.99. The number of carbonyl (C=O) groups excluding carboxylic acids is 1. The van der Waals surface area contributed by atoms with E-state index < -0.39 is 12.6 Å². The Morgan fingerprint density at radius 3 is 2.13 bits per heavy atom. The summed E-state index contributed by atoms with van der Waals surface area (Å²) in [7, 11) is 0. The lowest BCUT2D eigenvalue weighted by Crippen LogP contribution is -2.20. The lowest BCUT2D eigenvalue weighted by molar-refractivity contribution is -0.135. The first kappa shape index (κ1) is 14.3. The van der Waals surface area contributed by atoms with Gasteiger partial charge in [0.1, 0.15) is 0 Å². The number of hydrogen-bond acceptors (Lipinski definition) is 1. The highest BCUT2D eigenvalue weighted by atomic mass is 19.4. The molecule has 0 aliphatic heterocycles. The quantitative estimate of drug-likeness (QED) is 0.663. The predicted octanol–water partition coefficient (Wildman–Crippen LogP) is 3.03. The van der Waals surface area contributed by atoms with Crippen LogP contribution in [0.5, 0.6) is 0 Å². The van der Waals surface area contributed by atoms with Crippen molar-refractivity contribution in [2.45, 2.75) is 51.6 Å². The van der Waals surface area contributed by atoms with Gasteiger partial charge in [0.25, 0.3) is 0 Å². The molecule has 0 aromatic carbocycles. The molecular weight excluding hydrogens is 207 g/mol. The second-order valence-corrected chi connectivity index (χ2v) is 3.62. The van der Waals surface area contributed by atoms with E-state index in [1.54, 1.807) is 0 Å². The number of hydrogen-bond donors (Lipinski definition) is 1. The van der Waals surface area contributed by atoms with Crippen molar-refractivity contribution in [3.8, 4) is 0 Å². The second-order valence-electron chi connectivity index (χ2n) is 3.62. The number of carbonyl (C=O) groups is 1. The van der Waals surface area contributed by atoms with Gasteiger partial charge in [-0.15, -0.1) is 0 Å². The molecule has 0 spiro atoms. The van der Waals surface area contributed by atoms with Crippen molar-refractivity contribution in [2.24, 2.45) is 0 Å². The third-order valence-electron chi connectivity index (χ3n) is 2.01. The molecule has 90 valence electrons. The number of alkyl halides is 3. The monoisotopic (exact) mass is 225 g/mol. The van der Waals surface area contributed by atoms with Crippen LogP contribution in [0, 0.1) is 0 Å². The molecule has 5 heteroatoms. The van der Waals surface area contributed by atoms with E-state index in [1.165, 1.54) is 6.92 Å². The van der Waals surface area contributed by atoms with Crippen molar-refractivity contribution < 1.29 is 18.0 Å². The smallest absolute Gasteiger partial charge is 0.356 e. The SMILES string of the molecule is CC(=O)NCCCCCCCC(F)(F)F. The van der Waals surface area contributed by atoms with Gasteiger partial charge in [-0.1, -0.05) is 19.3 Å². The molecule has 1 amide bonds. The van der Waals surface area contributed by atoms with Gasteiger partial charge in [-0.2, -0.15) is 13.2 Å². The predicted molar refractivity (Wildman–Crippen MR) is 52.4 cm³/mol. The largest absolute Gasteiger partial charge is 0.389 e. The van der Waals surface area contributed by atoms with Crippen LogP contribution in [0.2, 0.25) is 0 Å². The molecule has 0 rings (SSSR count). The van der Waals surface area contributed by atoms with E-state index in [1.807, 2.05) is 0 Å². The topological polar surface area (TPSA) is 29.1 Å². The molecule has 0 aliphatic carbocycles. The van der Waals surface area contributed by atoms with Crippen LogP contribution in [0.25, 0.3) is 0 Å². The second kappa shape index (κ2) is 7.54. The van der Waals surface area contributed by atoms with Gasteiger partial charge in [0.2, 0.25) is 5.91 Å². The number of rotatable bonds is 7. The van der Waals surface area contributed by atoms with E-state index in [0.717, 1.165) is 19.3 Å². The molecule has 2 nitrogen and oxygen atoms in total. The maximum Gasteiger partial charge on any atom is 0.389 e. The van der Waals surface area contributed by atoms with Gasteiger partial charge in [-0.3, -0.25) is 4.79 Å². The third kappa shape index (κ3) is 13.3. The molecule has 0 fully saturated rings. The van der Waals surface area contributed by atoms with Crippen molar-refractivity contribution in [3.63, 3.8) is 0 Å². The Balaban J connectivity index is 3.09. The standard InChI is InChI=1S/C10H18F3NO/c1-9(15)14-8-6-4-2-3-5-7-10(11,12)13/h2-8H2,1H3,(H,14,15). The van der Waals surface area contributed by atoms with Crippen LogP contribution in [-0.4, -0.2) is 18.6 Å². The average molecular weight is 225 g/mol. The zero-order valence-electron chi connectivity index (χ0n) is 8.99. The summed E-state index contributed by atoms with van der Waals surface area (Å²) in [4.78, 5) is 10.5. The fraction of sp³-hybridized carbons (Fsp3) is 0.900. The van der Waals surface area contributed by atoms with E-state index in [9.17, 15) is 18.0 Å². The molecule has 0 saturated carbocycles. The lowest BCUT2D eigenvalue weighted by atomic mass is 10.1. The van der Waals surface area contributed by atoms with Crippen LogP contribution in [0.1, 0.15) is 45.4 Å². The van der Waals surface area contributed by atoms with Gasteiger partial charge < -0.3 is 5.32 Å². The number of amides is 1. The molecular formula is C10H18F3NO. The summed E-state index contributed by atoms with van der Waals surface area (Å²) in [5.74, 6) is -0.0629. The van der Waals surface area contributed by atoms with Gasteiger partial charge in [0.15, 0.2) is 0 Å². The summed E-state index contributed by atoms with van der Waals surface area (Å²) in [6.07, 6.45) is -1.36. The summed E-state index contributed by atoms with van der Waals surface area (Å²) in [5, 5.41) is 2.64. The summed E-state index contributed by atoms with van der Waals surface area (Å²) in [5.41, 5.74) is 0. The molecule has 0 atom stereocenters. The molecule has 0 radical (unpaired) electrons. The first-order valence-electron chi connectivity index (χ1n) is 5.23. The van der Waals surface area contributed by atoms with Gasteiger partial charge in [0, 0.05) is 19.9 Å². The molecule has 0 aromatic rings. The number of nitrogens with one attached hydrogen (secondary N) is 1. The highest BCUT2D eigenvalue weighted by Gasteiger charge is 2.25. The molecule has 0 bridgehead atoms. The molecule has 0 aromatic heterocycles. The van der Waals surface area contributed by atoms with Crippen molar-refractivity contribution >= 4 is 5.91 Å². The first-order valence-corrected chi connectivity index (χ1v) is 5.23. The summed E-state index contributed by atoms with van der Waals surface area (Å²) in [6, 6.07) is 0. The maximum absolute atomic E-state index is 11.7. The van der Waals surface area contributed by atoms with Crippen molar-refractivity contribution in [1.82, 2.24) is 5.32 Å². The zero-order chi connectivity index (χ0) is 11.7. The van der Waals surface area contributed by atoms with E-state index in [-0.39, 0.29) is 12.3 Å². The fourth-order valence-corrected chi connectivity index (χ4v) is 1.25. The van der Waals surface area contributed by atoms with Gasteiger partial charge in [-0.25, -0.2) is 0 Å². The van der Waals surface area contributed by atoms with Crippen LogP contribution in [0.15, 0.2) is 0 Å². The summed E-state index contributed by atoms with van der Waals surface area (Å²) in [6.45, 7) is 2.07. The van der Waals surface area contributed by atoms with Crippen molar-refractivity contribution in [1.29, 1.82) is 0 Å². The Kier molecular flexibility index (Phi) is 7.17. The molecule has 0 aliphatic rings. The lowest BCUT2D eigenvalue weighted by Gasteiger charge is -2.05. The van der Waals surface area contributed by atoms with Gasteiger partial charge in [0.05, 0.1) is 0 Å². The molecule has 1 N–H and O–H groups in total. The Morgan fingerprint density at radius 1 is 1.07 bits per heavy atom. The highest BCUT2D eigenvalue weighted by molar-refractivity contribution is 5.72. The maximum atomic E-state index is 11.7. The highest BCUT2D eigenvalue weighted by Crippen LogP contribution is 2.22. The van der Waals surface area contributed by atoms with E-state index >= 15 is 0 Å². The van der Waals surface area contributed by atoms with Crippen LogP contribution in [-0.2, 0) is 4.79 Å². The average Bonchev–Trinajstić information content (AvgIpc) is 2.07. The van der Waals surface area contributed by atoms with E-state index in [2.05, 4.69) is 5.32 Å². The van der Waals surface area contributed by atoms with Crippen LogP contribution >= 0.6 is 0 Å². The fourth-order valence-electron chi connectivity index (χ4n) is 1.25. The van der Waals surface area contributed by atoms with Crippen LogP contribution in [0.4, 0.5) is 13.2 Å². The molecule has 0 unspecified atom stereocenters. The Hall–Kier alpha value is -0.740. The van der Waals surface area contributed by atoms with E-state index in [0.29, 0.717) is 13.0 Å². The Bertz CT molecular complexity index is 180. The minimum Gasteiger partial charge on any atom is -0.356 e. The van der Waals surface area contributed by atoms with Crippen molar-refractivity contribution in [2.75, 3.05) is 6.54 Å². The number of unbranched alkanes of at least 4 members (excludes halogenated alkanes) is 4. The Labute approximate surface area is 88.2 Å². The molecule has 15 heavy (non-hydrogen) atoms. The molecule has 0 saturated heterocycles. The van der Waals surface area contributed by atoms with Crippen LogP contribution in [0.3, 0.4) is 0 Å². The molecule has 0 heterocycles. The van der Waals surface area contributed by atoms with Gasteiger partial charge in [-0.05, 0) is 12.8 Å². The summed E-state index contributed by atoms with van der Waals surface area (Å²) >= 11 is 0. The Morgan fingerprint density at radius 2 is 1.60 bits per heavy atom. The number of halogens is 3. The third-order valence-corrected chi connectivity index (χ3v) is 2.01. The minimum absolute atomic E-state index is 0.0629.